The lowest BCUT2D eigenvalue weighted by Gasteiger charge is -2.26. The van der Waals surface area contributed by atoms with Gasteiger partial charge in [0.05, 0.1) is 30.9 Å². The van der Waals surface area contributed by atoms with E-state index in [1.807, 2.05) is 0 Å². The van der Waals surface area contributed by atoms with Crippen LogP contribution in [0.3, 0.4) is 0 Å². The summed E-state index contributed by atoms with van der Waals surface area (Å²) in [7, 11) is 0. The summed E-state index contributed by atoms with van der Waals surface area (Å²) in [5.41, 5.74) is 1.23. The zero-order valence-corrected chi connectivity index (χ0v) is 15.9. The molecule has 6 nitrogen and oxygen atoms in total. The van der Waals surface area contributed by atoms with Crippen molar-refractivity contribution in [3.63, 3.8) is 0 Å². The zero-order valence-electron chi connectivity index (χ0n) is 15.9. The maximum atomic E-state index is 13.6. The number of nitrogens with zero attached hydrogens (tertiary/aromatic N) is 3. The molecular formula is C21H18F3N3O3. The van der Waals surface area contributed by atoms with Crippen LogP contribution in [0.5, 0.6) is 0 Å². The van der Waals surface area contributed by atoms with Crippen LogP contribution in [0.1, 0.15) is 27.4 Å². The van der Waals surface area contributed by atoms with Gasteiger partial charge >= 0.3 is 6.18 Å². The number of aromatic nitrogens is 2. The molecule has 1 aliphatic heterocycles. The van der Waals surface area contributed by atoms with Gasteiger partial charge in [0.15, 0.2) is 5.69 Å². The summed E-state index contributed by atoms with van der Waals surface area (Å²) in [6.45, 7) is 2.03. The van der Waals surface area contributed by atoms with E-state index in [2.05, 4.69) is 5.10 Å². The number of morpholine rings is 1. The highest BCUT2D eigenvalue weighted by atomic mass is 19.4. The lowest BCUT2D eigenvalue weighted by Crippen LogP contribution is -2.40. The topological polar surface area (TPSA) is 60.5 Å². The Hall–Kier alpha value is -3.07. The van der Waals surface area contributed by atoms with Gasteiger partial charge in [0.25, 0.3) is 5.91 Å². The predicted molar refractivity (Wildman–Crippen MR) is 100 cm³/mol. The van der Waals surface area contributed by atoms with Crippen LogP contribution >= 0.6 is 0 Å². The SMILES string of the molecule is O=C(c1ccc(-n2nc(C(F)(F)F)c3c2-c2ccoc2CC3)cc1)N1CCOCC1. The van der Waals surface area contributed by atoms with Crippen LogP contribution in [0.15, 0.2) is 41.0 Å². The standard InChI is InChI=1S/C21H18F3N3O3/c22-21(23,24)19-16-5-6-17-15(7-10-30-17)18(16)27(25-19)14-3-1-13(2-4-14)20(28)26-8-11-29-12-9-26/h1-4,7,10H,5-6,8-9,11-12H2. The monoisotopic (exact) mass is 417 g/mol. The van der Waals surface area contributed by atoms with Crippen LogP contribution in [0.2, 0.25) is 0 Å². The minimum absolute atomic E-state index is 0.125. The third-order valence-electron chi connectivity index (χ3n) is 5.51. The quantitative estimate of drug-likeness (QED) is 0.638. The van der Waals surface area contributed by atoms with Gasteiger partial charge in [-0.2, -0.15) is 18.3 Å². The molecular weight excluding hydrogens is 399 g/mol. The molecule has 3 heterocycles. The molecule has 1 aromatic carbocycles. The Labute approximate surface area is 169 Å². The van der Waals surface area contributed by atoms with Gasteiger partial charge in [0.2, 0.25) is 0 Å². The average molecular weight is 417 g/mol. The van der Waals surface area contributed by atoms with E-state index in [9.17, 15) is 18.0 Å². The molecule has 5 rings (SSSR count). The van der Waals surface area contributed by atoms with Crippen molar-refractivity contribution in [1.82, 2.24) is 14.7 Å². The zero-order chi connectivity index (χ0) is 20.9. The summed E-state index contributed by atoms with van der Waals surface area (Å²) in [6.07, 6.45) is -2.47. The highest BCUT2D eigenvalue weighted by Gasteiger charge is 2.41. The lowest BCUT2D eigenvalue weighted by molar-refractivity contribution is -0.142. The molecule has 0 N–H and O–H groups in total. The number of hydrogen-bond donors (Lipinski definition) is 0. The Kier molecular flexibility index (Phi) is 4.43. The van der Waals surface area contributed by atoms with Crippen LogP contribution in [-0.4, -0.2) is 46.9 Å². The number of furan rings is 1. The average Bonchev–Trinajstić information content (AvgIpc) is 3.38. The first kappa shape index (κ1) is 18.9. The number of alkyl halides is 3. The maximum absolute atomic E-state index is 13.6. The molecule has 3 aromatic rings. The molecule has 0 atom stereocenters. The lowest BCUT2D eigenvalue weighted by atomic mass is 9.94. The fourth-order valence-corrected chi connectivity index (χ4v) is 4.06. The van der Waals surface area contributed by atoms with Gasteiger partial charge in [0, 0.05) is 36.2 Å². The summed E-state index contributed by atoms with van der Waals surface area (Å²) in [6, 6.07) is 8.15. The molecule has 1 fully saturated rings. The largest absolute Gasteiger partial charge is 0.469 e. The smallest absolute Gasteiger partial charge is 0.435 e. The van der Waals surface area contributed by atoms with Crippen LogP contribution in [0.4, 0.5) is 13.2 Å². The first-order valence-corrected chi connectivity index (χ1v) is 9.67. The summed E-state index contributed by atoms with van der Waals surface area (Å²) in [4.78, 5) is 14.3. The second-order valence-corrected chi connectivity index (χ2v) is 7.29. The Morgan fingerprint density at radius 1 is 1.03 bits per heavy atom. The van der Waals surface area contributed by atoms with E-state index < -0.39 is 11.9 Å². The number of fused-ring (bicyclic) bond motifs is 3. The molecule has 1 amide bonds. The molecule has 0 radical (unpaired) electrons. The van der Waals surface area contributed by atoms with E-state index in [4.69, 9.17) is 9.15 Å². The number of ether oxygens (including phenoxy) is 1. The van der Waals surface area contributed by atoms with Crippen molar-refractivity contribution in [3.05, 3.63) is 59.2 Å². The van der Waals surface area contributed by atoms with Crippen molar-refractivity contribution in [1.29, 1.82) is 0 Å². The van der Waals surface area contributed by atoms with Gasteiger partial charge in [-0.15, -0.1) is 0 Å². The fourth-order valence-electron chi connectivity index (χ4n) is 4.06. The van der Waals surface area contributed by atoms with Crippen LogP contribution < -0.4 is 0 Å². The van der Waals surface area contributed by atoms with Gasteiger partial charge in [-0.1, -0.05) is 0 Å². The third-order valence-corrected chi connectivity index (χ3v) is 5.51. The van der Waals surface area contributed by atoms with Crippen molar-refractivity contribution in [2.24, 2.45) is 0 Å². The first-order chi connectivity index (χ1) is 14.4. The second kappa shape index (κ2) is 7.02. The van der Waals surface area contributed by atoms with Crippen molar-refractivity contribution >= 4 is 5.91 Å². The molecule has 156 valence electrons. The fraction of sp³-hybridized carbons (Fsp3) is 0.333. The van der Waals surface area contributed by atoms with Crippen molar-refractivity contribution in [2.75, 3.05) is 26.3 Å². The highest BCUT2D eigenvalue weighted by Crippen LogP contribution is 2.42. The van der Waals surface area contributed by atoms with Gasteiger partial charge in [-0.25, -0.2) is 4.68 Å². The summed E-state index contributed by atoms with van der Waals surface area (Å²) in [5.74, 6) is 0.525. The van der Waals surface area contributed by atoms with Crippen LogP contribution in [-0.2, 0) is 23.8 Å². The van der Waals surface area contributed by atoms with E-state index in [1.54, 1.807) is 35.2 Å². The number of carbonyl (C=O) groups excluding carboxylic acids is 1. The Balaban J connectivity index is 1.55. The van der Waals surface area contributed by atoms with Gasteiger partial charge in [0.1, 0.15) is 5.76 Å². The number of hydrogen-bond acceptors (Lipinski definition) is 4. The number of halogens is 3. The minimum atomic E-state index is -4.55. The first-order valence-electron chi connectivity index (χ1n) is 9.67. The molecule has 0 spiro atoms. The molecule has 2 aromatic heterocycles. The van der Waals surface area contributed by atoms with Crippen molar-refractivity contribution < 1.29 is 27.1 Å². The molecule has 30 heavy (non-hydrogen) atoms. The van der Waals surface area contributed by atoms with E-state index >= 15 is 0 Å². The number of carbonyl (C=O) groups is 1. The molecule has 1 aliphatic carbocycles. The molecule has 9 heteroatoms. The molecule has 0 unspecified atom stereocenters. The maximum Gasteiger partial charge on any atom is 0.435 e. The number of rotatable bonds is 2. The molecule has 0 saturated carbocycles. The number of aryl methyl sites for hydroxylation is 1. The van der Waals surface area contributed by atoms with E-state index in [0.29, 0.717) is 61.0 Å². The van der Waals surface area contributed by atoms with E-state index in [-0.39, 0.29) is 17.9 Å². The highest BCUT2D eigenvalue weighted by molar-refractivity contribution is 5.94. The molecule has 0 bridgehead atoms. The normalized spacial score (nSPS) is 16.3. The summed E-state index contributed by atoms with van der Waals surface area (Å²) >= 11 is 0. The Morgan fingerprint density at radius 3 is 2.47 bits per heavy atom. The number of benzene rings is 1. The molecule has 1 saturated heterocycles. The van der Waals surface area contributed by atoms with Crippen molar-refractivity contribution in [2.45, 2.75) is 19.0 Å². The minimum Gasteiger partial charge on any atom is -0.469 e. The van der Waals surface area contributed by atoms with Gasteiger partial charge in [-0.3, -0.25) is 4.79 Å². The number of amides is 1. The Morgan fingerprint density at radius 2 is 1.77 bits per heavy atom. The van der Waals surface area contributed by atoms with Crippen LogP contribution in [0.25, 0.3) is 16.9 Å². The third kappa shape index (κ3) is 3.09. The van der Waals surface area contributed by atoms with Gasteiger partial charge < -0.3 is 14.1 Å². The van der Waals surface area contributed by atoms with Crippen molar-refractivity contribution in [3.8, 4) is 16.9 Å². The van der Waals surface area contributed by atoms with Crippen LogP contribution in [0, 0.1) is 0 Å². The van der Waals surface area contributed by atoms with E-state index in [0.717, 1.165) is 0 Å². The van der Waals surface area contributed by atoms with Gasteiger partial charge in [-0.05, 0) is 36.8 Å². The van der Waals surface area contributed by atoms with E-state index in [1.165, 1.54) is 10.9 Å². The summed E-state index contributed by atoms with van der Waals surface area (Å²) in [5, 5.41) is 3.91. The predicted octanol–water partition coefficient (Wildman–Crippen LogP) is 3.72. The second-order valence-electron chi connectivity index (χ2n) is 7.29. The Bertz CT molecular complexity index is 1090. The summed E-state index contributed by atoms with van der Waals surface area (Å²) < 4.78 is 52.9. The molecule has 2 aliphatic rings.